The van der Waals surface area contributed by atoms with Crippen LogP contribution in [0.1, 0.15) is 19.7 Å². The van der Waals surface area contributed by atoms with E-state index >= 15 is 0 Å². The van der Waals surface area contributed by atoms with E-state index in [1.165, 1.54) is 11.8 Å². The quantitative estimate of drug-likeness (QED) is 0.378. The maximum absolute atomic E-state index is 13.0. The maximum atomic E-state index is 13.0. The summed E-state index contributed by atoms with van der Waals surface area (Å²) in [5.41, 5.74) is 2.51. The maximum Gasteiger partial charge on any atom is 0.237 e. The second-order valence-electron chi connectivity index (χ2n) is 6.79. The summed E-state index contributed by atoms with van der Waals surface area (Å²) in [6.07, 6.45) is 0. The molecule has 0 bridgehead atoms. The molecule has 0 unspecified atom stereocenters. The Balaban J connectivity index is 1.65. The first-order valence-electron chi connectivity index (χ1n) is 9.16. The first kappa shape index (κ1) is 18.4. The molecule has 28 heavy (non-hydrogen) atoms. The zero-order chi connectivity index (χ0) is 19.7. The molecule has 2 aromatic heterocycles. The summed E-state index contributed by atoms with van der Waals surface area (Å²) >= 11 is 1.38. The average Bonchev–Trinajstić information content (AvgIpc) is 3.08. The van der Waals surface area contributed by atoms with E-state index in [0.29, 0.717) is 11.0 Å². The molecule has 0 fully saturated rings. The fourth-order valence-electron chi connectivity index (χ4n) is 3.24. The summed E-state index contributed by atoms with van der Waals surface area (Å²) in [5.74, 6) is 0.984. The molecular formula is C21H21N5OS. The number of hydrogen-bond donors (Lipinski definition) is 0. The van der Waals surface area contributed by atoms with Crippen LogP contribution in [0.15, 0.2) is 59.8 Å². The molecule has 0 aliphatic carbocycles. The molecule has 0 saturated carbocycles. The molecule has 0 aliphatic rings. The van der Waals surface area contributed by atoms with Crippen molar-refractivity contribution in [1.29, 1.82) is 0 Å². The number of carbonyl (C=O) groups is 1. The van der Waals surface area contributed by atoms with Gasteiger partial charge >= 0.3 is 0 Å². The zero-order valence-corrected chi connectivity index (χ0v) is 16.8. The molecule has 0 aliphatic heterocycles. The van der Waals surface area contributed by atoms with Gasteiger partial charge < -0.3 is 4.90 Å². The number of hydrogen-bond acceptors (Lipinski definition) is 5. The standard InChI is InChI=1S/C21H21N5OS/c1-14(2)25(16-9-5-4-6-10-16)19(27)13-28-21-23-18-12-8-7-11-17(18)20-22-15(3)24-26(20)21/h4-12,14H,13H2,1-3H3. The third-order valence-corrected chi connectivity index (χ3v) is 5.31. The second-order valence-corrected chi connectivity index (χ2v) is 7.73. The van der Waals surface area contributed by atoms with Crippen molar-refractivity contribution in [2.45, 2.75) is 32.0 Å². The van der Waals surface area contributed by atoms with Crippen LogP contribution in [0.3, 0.4) is 0 Å². The molecule has 7 heteroatoms. The summed E-state index contributed by atoms with van der Waals surface area (Å²) in [4.78, 5) is 24.1. The summed E-state index contributed by atoms with van der Waals surface area (Å²) in [5, 5.41) is 6.09. The molecule has 6 nitrogen and oxygen atoms in total. The molecule has 2 heterocycles. The average molecular weight is 392 g/mol. The summed E-state index contributed by atoms with van der Waals surface area (Å²) in [6.45, 7) is 5.89. The zero-order valence-electron chi connectivity index (χ0n) is 16.0. The predicted octanol–water partition coefficient (Wildman–Crippen LogP) is 4.12. The number of para-hydroxylation sites is 2. The van der Waals surface area contributed by atoms with Gasteiger partial charge in [-0.3, -0.25) is 4.79 Å². The lowest BCUT2D eigenvalue weighted by Crippen LogP contribution is -2.38. The van der Waals surface area contributed by atoms with Gasteiger partial charge in [0.05, 0.1) is 11.3 Å². The van der Waals surface area contributed by atoms with Crippen LogP contribution in [0.5, 0.6) is 0 Å². The number of amides is 1. The Labute approximate surface area is 167 Å². The van der Waals surface area contributed by atoms with Gasteiger partial charge in [0.25, 0.3) is 0 Å². The Morgan fingerprint density at radius 2 is 1.79 bits per heavy atom. The second kappa shape index (κ2) is 7.59. The SMILES string of the molecule is Cc1nc2c3ccccc3nc(SCC(=O)N(c3ccccc3)C(C)C)n2n1. The number of nitrogens with zero attached hydrogens (tertiary/aromatic N) is 5. The van der Waals surface area contributed by atoms with Crippen LogP contribution in [-0.2, 0) is 4.79 Å². The van der Waals surface area contributed by atoms with E-state index in [-0.39, 0.29) is 17.7 Å². The van der Waals surface area contributed by atoms with Crippen LogP contribution in [0.2, 0.25) is 0 Å². The van der Waals surface area contributed by atoms with Crippen molar-refractivity contribution in [2.24, 2.45) is 0 Å². The third kappa shape index (κ3) is 3.45. The first-order valence-corrected chi connectivity index (χ1v) is 10.1. The van der Waals surface area contributed by atoms with Crippen LogP contribution in [0, 0.1) is 6.92 Å². The van der Waals surface area contributed by atoms with E-state index in [2.05, 4.69) is 10.1 Å². The number of benzene rings is 2. The number of aromatic nitrogens is 4. The van der Waals surface area contributed by atoms with Gasteiger partial charge in [0.2, 0.25) is 5.91 Å². The molecule has 0 radical (unpaired) electrons. The van der Waals surface area contributed by atoms with Crippen molar-refractivity contribution in [1.82, 2.24) is 19.6 Å². The van der Waals surface area contributed by atoms with Crippen LogP contribution in [0.4, 0.5) is 5.69 Å². The number of thioether (sulfide) groups is 1. The summed E-state index contributed by atoms with van der Waals surface area (Å²) in [6, 6.07) is 17.7. The lowest BCUT2D eigenvalue weighted by Gasteiger charge is -2.26. The number of anilines is 1. The Morgan fingerprint density at radius 3 is 2.54 bits per heavy atom. The highest BCUT2D eigenvalue weighted by molar-refractivity contribution is 7.99. The van der Waals surface area contributed by atoms with Crippen molar-refractivity contribution < 1.29 is 4.79 Å². The van der Waals surface area contributed by atoms with Crippen LogP contribution < -0.4 is 4.90 Å². The monoisotopic (exact) mass is 391 g/mol. The van der Waals surface area contributed by atoms with Gasteiger partial charge in [-0.05, 0) is 45.0 Å². The molecule has 4 aromatic rings. The van der Waals surface area contributed by atoms with Gasteiger partial charge in [-0.2, -0.15) is 4.52 Å². The minimum absolute atomic E-state index is 0.0335. The Morgan fingerprint density at radius 1 is 1.07 bits per heavy atom. The largest absolute Gasteiger partial charge is 0.309 e. The first-order chi connectivity index (χ1) is 13.5. The highest BCUT2D eigenvalue weighted by atomic mass is 32.2. The molecule has 0 N–H and O–H groups in total. The van der Waals surface area contributed by atoms with Crippen molar-refractivity contribution in [3.63, 3.8) is 0 Å². The van der Waals surface area contributed by atoms with E-state index in [0.717, 1.165) is 22.2 Å². The van der Waals surface area contributed by atoms with Gasteiger partial charge in [-0.15, -0.1) is 5.10 Å². The van der Waals surface area contributed by atoms with Crippen LogP contribution >= 0.6 is 11.8 Å². The highest BCUT2D eigenvalue weighted by Crippen LogP contribution is 2.25. The van der Waals surface area contributed by atoms with Gasteiger partial charge in [0.1, 0.15) is 5.82 Å². The van der Waals surface area contributed by atoms with Gasteiger partial charge in [-0.1, -0.05) is 42.1 Å². The van der Waals surface area contributed by atoms with Crippen molar-refractivity contribution in [3.8, 4) is 0 Å². The summed E-state index contributed by atoms with van der Waals surface area (Å²) in [7, 11) is 0. The highest BCUT2D eigenvalue weighted by Gasteiger charge is 2.20. The molecule has 4 rings (SSSR count). The number of aryl methyl sites for hydroxylation is 1. The fourth-order valence-corrected chi connectivity index (χ4v) is 4.05. The molecule has 142 valence electrons. The predicted molar refractivity (Wildman–Crippen MR) is 113 cm³/mol. The van der Waals surface area contributed by atoms with Crippen molar-refractivity contribution >= 4 is 39.9 Å². The van der Waals surface area contributed by atoms with E-state index in [9.17, 15) is 4.79 Å². The Bertz CT molecular complexity index is 1140. The van der Waals surface area contributed by atoms with Crippen LogP contribution in [0.25, 0.3) is 16.6 Å². The molecular weight excluding hydrogens is 370 g/mol. The van der Waals surface area contributed by atoms with Gasteiger partial charge in [0, 0.05) is 17.1 Å². The molecule has 1 amide bonds. The van der Waals surface area contributed by atoms with Crippen LogP contribution in [-0.4, -0.2) is 37.3 Å². The topological polar surface area (TPSA) is 63.4 Å². The van der Waals surface area contributed by atoms with Gasteiger partial charge in [-0.25, -0.2) is 9.97 Å². The number of rotatable bonds is 5. The van der Waals surface area contributed by atoms with E-state index in [4.69, 9.17) is 4.98 Å². The van der Waals surface area contributed by atoms with E-state index < -0.39 is 0 Å². The fraction of sp³-hybridized carbons (Fsp3) is 0.238. The minimum atomic E-state index is 0.0335. The van der Waals surface area contributed by atoms with E-state index in [1.807, 2.05) is 80.3 Å². The smallest absolute Gasteiger partial charge is 0.237 e. The lowest BCUT2D eigenvalue weighted by molar-refractivity contribution is -0.116. The van der Waals surface area contributed by atoms with Gasteiger partial charge in [0.15, 0.2) is 10.8 Å². The Kier molecular flexibility index (Phi) is 5.00. The number of fused-ring (bicyclic) bond motifs is 3. The van der Waals surface area contributed by atoms with Crippen molar-refractivity contribution in [2.75, 3.05) is 10.7 Å². The molecule has 0 spiro atoms. The third-order valence-electron chi connectivity index (χ3n) is 4.40. The molecule has 2 aromatic carbocycles. The van der Waals surface area contributed by atoms with E-state index in [1.54, 1.807) is 4.52 Å². The molecule has 0 saturated heterocycles. The Hall–Kier alpha value is -2.93. The molecule has 0 atom stereocenters. The normalized spacial score (nSPS) is 11.4. The lowest BCUT2D eigenvalue weighted by atomic mass is 10.2. The van der Waals surface area contributed by atoms with Crippen molar-refractivity contribution in [3.05, 3.63) is 60.4 Å². The summed E-state index contributed by atoms with van der Waals surface area (Å²) < 4.78 is 1.73. The minimum Gasteiger partial charge on any atom is -0.309 e. The number of carbonyl (C=O) groups excluding carboxylic acids is 1.